The Morgan fingerprint density at radius 2 is 2.27 bits per heavy atom. The zero-order valence-electron chi connectivity index (χ0n) is 6.10. The largest absolute Gasteiger partial charge is 0.495 e. The average Bonchev–Trinajstić information content (AvgIpc) is 2.04. The van der Waals surface area contributed by atoms with Crippen molar-refractivity contribution in [2.24, 2.45) is 0 Å². The summed E-state index contributed by atoms with van der Waals surface area (Å²) in [5, 5.41) is 0. The Hall–Kier alpha value is -1.49. The Balaban J connectivity index is 3.27. The lowest BCUT2D eigenvalue weighted by atomic mass is 10.2. The van der Waals surface area contributed by atoms with Gasteiger partial charge in [-0.05, 0) is 12.1 Å². The highest BCUT2D eigenvalue weighted by atomic mass is 19.1. The number of halogens is 1. The van der Waals surface area contributed by atoms with Gasteiger partial charge in [0.1, 0.15) is 17.1 Å². The topological polar surface area (TPSA) is 9.23 Å². The fourth-order valence-electron chi connectivity index (χ4n) is 0.815. The molecule has 0 bridgehead atoms. The highest BCUT2D eigenvalue weighted by Gasteiger charge is 2.03. The van der Waals surface area contributed by atoms with Crippen LogP contribution >= 0.6 is 0 Å². The van der Waals surface area contributed by atoms with E-state index in [4.69, 9.17) is 11.2 Å². The predicted octanol–water partition coefficient (Wildman–Crippen LogP) is 1.82. The molecule has 0 aliphatic rings. The van der Waals surface area contributed by atoms with E-state index in [-0.39, 0.29) is 5.56 Å². The van der Waals surface area contributed by atoms with Gasteiger partial charge in [-0.25, -0.2) is 4.39 Å². The van der Waals surface area contributed by atoms with Crippen molar-refractivity contribution in [3.8, 4) is 18.1 Å². The summed E-state index contributed by atoms with van der Waals surface area (Å²) < 4.78 is 17.6. The molecule has 0 spiro atoms. The molecule has 0 aliphatic heterocycles. The lowest BCUT2D eigenvalue weighted by Gasteiger charge is -2.02. The summed E-state index contributed by atoms with van der Waals surface area (Å²) in [5.74, 6) is 2.19. The van der Waals surface area contributed by atoms with E-state index in [1.54, 1.807) is 12.1 Å². The van der Waals surface area contributed by atoms with Crippen molar-refractivity contribution >= 4 is 0 Å². The molecule has 0 aliphatic carbocycles. The first-order valence-electron chi connectivity index (χ1n) is 3.08. The fourth-order valence-corrected chi connectivity index (χ4v) is 0.815. The van der Waals surface area contributed by atoms with Gasteiger partial charge in [0, 0.05) is 0 Å². The Morgan fingerprint density at radius 3 is 2.73 bits per heavy atom. The maximum absolute atomic E-state index is 12.8. The molecule has 11 heavy (non-hydrogen) atoms. The third kappa shape index (κ3) is 1.32. The summed E-state index contributed by atoms with van der Waals surface area (Å²) in [6, 6.07) is 4.48. The van der Waals surface area contributed by atoms with Gasteiger partial charge in [0.25, 0.3) is 0 Å². The number of ether oxygens (including phenoxy) is 1. The zero-order chi connectivity index (χ0) is 8.27. The normalized spacial score (nSPS) is 8.82. The van der Waals surface area contributed by atoms with E-state index in [1.807, 2.05) is 0 Å². The van der Waals surface area contributed by atoms with Gasteiger partial charge in [0.15, 0.2) is 0 Å². The number of rotatable bonds is 1. The molecular formula is C9H7FO. The Labute approximate surface area is 64.8 Å². The van der Waals surface area contributed by atoms with Crippen molar-refractivity contribution in [2.45, 2.75) is 0 Å². The number of hydrogen-bond donors (Lipinski definition) is 0. The first-order valence-corrected chi connectivity index (χ1v) is 3.08. The van der Waals surface area contributed by atoms with Crippen LogP contribution in [0.1, 0.15) is 5.56 Å². The summed E-state index contributed by atoms with van der Waals surface area (Å²) in [6.07, 6.45) is 5.06. The highest BCUT2D eigenvalue weighted by molar-refractivity contribution is 5.45. The molecule has 0 fully saturated rings. The van der Waals surface area contributed by atoms with Crippen LogP contribution in [0.15, 0.2) is 18.2 Å². The van der Waals surface area contributed by atoms with E-state index < -0.39 is 5.82 Å². The highest BCUT2D eigenvalue weighted by Crippen LogP contribution is 2.19. The fraction of sp³-hybridized carbons (Fsp3) is 0.111. The van der Waals surface area contributed by atoms with Crippen LogP contribution < -0.4 is 4.74 Å². The van der Waals surface area contributed by atoms with Gasteiger partial charge in [0.05, 0.1) is 7.11 Å². The van der Waals surface area contributed by atoms with E-state index in [0.717, 1.165) is 0 Å². The number of hydrogen-bond acceptors (Lipinski definition) is 1. The van der Waals surface area contributed by atoms with Crippen molar-refractivity contribution in [3.63, 3.8) is 0 Å². The van der Waals surface area contributed by atoms with Crippen LogP contribution in [0.4, 0.5) is 4.39 Å². The van der Waals surface area contributed by atoms with Crippen LogP contribution in [0.3, 0.4) is 0 Å². The molecule has 2 heteroatoms. The van der Waals surface area contributed by atoms with Crippen molar-refractivity contribution < 1.29 is 9.13 Å². The average molecular weight is 150 g/mol. The molecule has 1 rings (SSSR count). The summed E-state index contributed by atoms with van der Waals surface area (Å²) in [7, 11) is 1.45. The van der Waals surface area contributed by atoms with Crippen molar-refractivity contribution in [2.75, 3.05) is 7.11 Å². The van der Waals surface area contributed by atoms with Crippen LogP contribution in [0, 0.1) is 18.2 Å². The minimum Gasteiger partial charge on any atom is -0.495 e. The molecule has 0 radical (unpaired) electrons. The van der Waals surface area contributed by atoms with Crippen LogP contribution in [0.2, 0.25) is 0 Å². The van der Waals surface area contributed by atoms with Crippen LogP contribution in [0.5, 0.6) is 5.75 Å². The molecule has 0 heterocycles. The van der Waals surface area contributed by atoms with E-state index in [0.29, 0.717) is 5.75 Å². The third-order valence-electron chi connectivity index (χ3n) is 1.34. The molecule has 0 N–H and O–H groups in total. The van der Waals surface area contributed by atoms with Gasteiger partial charge in [-0.1, -0.05) is 12.0 Å². The second-order valence-corrected chi connectivity index (χ2v) is 1.96. The minimum absolute atomic E-state index is 0.176. The molecular weight excluding hydrogens is 143 g/mol. The lowest BCUT2D eigenvalue weighted by Crippen LogP contribution is -1.90. The summed E-state index contributed by atoms with van der Waals surface area (Å²) >= 11 is 0. The van der Waals surface area contributed by atoms with Gasteiger partial charge < -0.3 is 4.74 Å². The molecule has 1 aromatic carbocycles. The number of terminal acetylenes is 1. The Morgan fingerprint density at radius 1 is 1.55 bits per heavy atom. The van der Waals surface area contributed by atoms with E-state index >= 15 is 0 Å². The van der Waals surface area contributed by atoms with Gasteiger partial charge in [0.2, 0.25) is 0 Å². The third-order valence-corrected chi connectivity index (χ3v) is 1.34. The molecule has 1 nitrogen and oxygen atoms in total. The standard InChI is InChI=1S/C9H7FO/c1-3-7-8(10)5-4-6-9(7)11-2/h1,4-6H,2H3. The molecule has 56 valence electrons. The van der Waals surface area contributed by atoms with Gasteiger partial charge in [-0.3, -0.25) is 0 Å². The second-order valence-electron chi connectivity index (χ2n) is 1.96. The summed E-state index contributed by atoms with van der Waals surface area (Å²) in [5.41, 5.74) is 0.176. The predicted molar refractivity (Wildman–Crippen MR) is 40.9 cm³/mol. The van der Waals surface area contributed by atoms with Gasteiger partial charge in [-0.2, -0.15) is 0 Å². The number of benzene rings is 1. The zero-order valence-corrected chi connectivity index (χ0v) is 6.10. The number of methoxy groups -OCH3 is 1. The molecule has 0 unspecified atom stereocenters. The molecule has 0 atom stereocenters. The van der Waals surface area contributed by atoms with E-state index in [2.05, 4.69) is 5.92 Å². The van der Waals surface area contributed by atoms with Crippen LogP contribution in [0.25, 0.3) is 0 Å². The first-order chi connectivity index (χ1) is 5.29. The summed E-state index contributed by atoms with van der Waals surface area (Å²) in [6.45, 7) is 0. The molecule has 0 amide bonds. The molecule has 0 saturated carbocycles. The maximum atomic E-state index is 12.8. The van der Waals surface area contributed by atoms with Gasteiger partial charge in [-0.15, -0.1) is 6.42 Å². The molecule has 1 aromatic rings. The van der Waals surface area contributed by atoms with Crippen LogP contribution in [-0.2, 0) is 0 Å². The van der Waals surface area contributed by atoms with E-state index in [9.17, 15) is 4.39 Å². The van der Waals surface area contributed by atoms with Crippen molar-refractivity contribution in [1.82, 2.24) is 0 Å². The van der Waals surface area contributed by atoms with Crippen molar-refractivity contribution in [1.29, 1.82) is 0 Å². The minimum atomic E-state index is -0.424. The Kier molecular flexibility index (Phi) is 2.12. The first kappa shape index (κ1) is 7.62. The second kappa shape index (κ2) is 3.07. The maximum Gasteiger partial charge on any atom is 0.142 e. The van der Waals surface area contributed by atoms with E-state index in [1.165, 1.54) is 13.2 Å². The smallest absolute Gasteiger partial charge is 0.142 e. The van der Waals surface area contributed by atoms with Crippen LogP contribution in [-0.4, -0.2) is 7.11 Å². The molecule has 0 saturated heterocycles. The quantitative estimate of drug-likeness (QED) is 0.555. The summed E-state index contributed by atoms with van der Waals surface area (Å²) in [4.78, 5) is 0. The molecule has 0 aromatic heterocycles. The lowest BCUT2D eigenvalue weighted by molar-refractivity contribution is 0.410. The Bertz CT molecular complexity index is 299. The van der Waals surface area contributed by atoms with Gasteiger partial charge >= 0.3 is 0 Å². The monoisotopic (exact) mass is 150 g/mol. The van der Waals surface area contributed by atoms with Crippen molar-refractivity contribution in [3.05, 3.63) is 29.6 Å². The SMILES string of the molecule is C#Cc1c(F)cccc1OC.